The van der Waals surface area contributed by atoms with Gasteiger partial charge in [-0.2, -0.15) is 0 Å². The van der Waals surface area contributed by atoms with Crippen LogP contribution in [-0.4, -0.2) is 11.1 Å². The van der Waals surface area contributed by atoms with E-state index in [4.69, 9.17) is 5.11 Å². The van der Waals surface area contributed by atoms with Gasteiger partial charge in [-0.3, -0.25) is 4.79 Å². The van der Waals surface area contributed by atoms with Crippen molar-refractivity contribution in [2.45, 2.75) is 97.8 Å². The van der Waals surface area contributed by atoms with Gasteiger partial charge in [0.25, 0.3) is 0 Å². The lowest BCUT2D eigenvalue weighted by Gasteiger charge is -2.14. The number of hydrogen-bond acceptors (Lipinski definition) is 1. The van der Waals surface area contributed by atoms with Crippen LogP contribution in [0.15, 0.2) is 0 Å². The third kappa shape index (κ3) is 12.5. The fourth-order valence-corrected chi connectivity index (χ4v) is 2.89. The molecule has 0 spiro atoms. The molecule has 20 heavy (non-hydrogen) atoms. The number of carbonyl (C=O) groups is 1. The molecule has 1 N–H and O–H groups in total. The van der Waals surface area contributed by atoms with E-state index in [-0.39, 0.29) is 0 Å². The minimum Gasteiger partial charge on any atom is -0.481 e. The highest BCUT2D eigenvalue weighted by molar-refractivity contribution is 5.66. The summed E-state index contributed by atoms with van der Waals surface area (Å²) in [5.74, 6) is 0.981. The summed E-state index contributed by atoms with van der Waals surface area (Å²) in [6, 6.07) is 0. The van der Waals surface area contributed by atoms with Crippen LogP contribution in [0.2, 0.25) is 0 Å². The second kappa shape index (κ2) is 13.5. The molecule has 2 nitrogen and oxygen atoms in total. The van der Waals surface area contributed by atoms with Gasteiger partial charge >= 0.3 is 5.97 Å². The molecule has 0 radical (unpaired) electrons. The standard InChI is InChI=1S/C18H36O2/c1-4-6-13-17(5-2)14-9-7-8-11-16(3)12-10-15-18(19)20/h16-17H,4-15H2,1-3H3,(H,19,20). The van der Waals surface area contributed by atoms with Gasteiger partial charge in [0.2, 0.25) is 0 Å². The molecule has 0 aromatic rings. The van der Waals surface area contributed by atoms with Crippen LogP contribution in [-0.2, 0) is 4.79 Å². The first-order valence-corrected chi connectivity index (χ1v) is 8.81. The van der Waals surface area contributed by atoms with E-state index in [0.717, 1.165) is 18.8 Å². The van der Waals surface area contributed by atoms with Crippen LogP contribution >= 0.6 is 0 Å². The lowest BCUT2D eigenvalue weighted by atomic mass is 9.92. The summed E-state index contributed by atoms with van der Waals surface area (Å²) in [5.41, 5.74) is 0. The first-order valence-electron chi connectivity index (χ1n) is 8.81. The third-order valence-corrected chi connectivity index (χ3v) is 4.44. The smallest absolute Gasteiger partial charge is 0.303 e. The molecule has 0 aliphatic rings. The molecule has 0 aliphatic carbocycles. The number of unbranched alkanes of at least 4 members (excludes halogenated alkanes) is 3. The zero-order valence-corrected chi connectivity index (χ0v) is 14.0. The van der Waals surface area contributed by atoms with Crippen LogP contribution in [0.1, 0.15) is 97.8 Å². The van der Waals surface area contributed by atoms with Crippen molar-refractivity contribution in [2.24, 2.45) is 11.8 Å². The summed E-state index contributed by atoms with van der Waals surface area (Å²) >= 11 is 0. The molecule has 0 fully saturated rings. The van der Waals surface area contributed by atoms with Gasteiger partial charge in [0, 0.05) is 6.42 Å². The zero-order valence-electron chi connectivity index (χ0n) is 14.0. The van der Waals surface area contributed by atoms with Crippen molar-refractivity contribution in [3.63, 3.8) is 0 Å². The maximum absolute atomic E-state index is 10.4. The first-order chi connectivity index (χ1) is 9.60. The molecular formula is C18H36O2. The highest BCUT2D eigenvalue weighted by Gasteiger charge is 2.07. The lowest BCUT2D eigenvalue weighted by Crippen LogP contribution is -2.00. The highest BCUT2D eigenvalue weighted by Crippen LogP contribution is 2.21. The molecule has 0 saturated carbocycles. The van der Waals surface area contributed by atoms with Crippen LogP contribution in [0.4, 0.5) is 0 Å². The number of rotatable bonds is 14. The summed E-state index contributed by atoms with van der Waals surface area (Å²) in [7, 11) is 0. The molecule has 0 aromatic heterocycles. The summed E-state index contributed by atoms with van der Waals surface area (Å²) in [5, 5.41) is 8.61. The van der Waals surface area contributed by atoms with Gasteiger partial charge in [0.05, 0.1) is 0 Å². The SMILES string of the molecule is CCCCC(CC)CCCCCC(C)CCCC(=O)O. The van der Waals surface area contributed by atoms with Crippen LogP contribution in [0.5, 0.6) is 0 Å². The zero-order chi connectivity index (χ0) is 15.2. The van der Waals surface area contributed by atoms with Crippen molar-refractivity contribution in [2.75, 3.05) is 0 Å². The van der Waals surface area contributed by atoms with Gasteiger partial charge in [-0.25, -0.2) is 0 Å². The van der Waals surface area contributed by atoms with Gasteiger partial charge in [-0.1, -0.05) is 85.0 Å². The highest BCUT2D eigenvalue weighted by atomic mass is 16.4. The van der Waals surface area contributed by atoms with Crippen LogP contribution in [0.3, 0.4) is 0 Å². The predicted molar refractivity (Wildman–Crippen MR) is 87.0 cm³/mol. The molecule has 0 aromatic carbocycles. The maximum Gasteiger partial charge on any atom is 0.303 e. The first kappa shape index (κ1) is 19.5. The molecule has 0 saturated heterocycles. The molecule has 0 amide bonds. The van der Waals surface area contributed by atoms with Crippen molar-refractivity contribution in [3.05, 3.63) is 0 Å². The van der Waals surface area contributed by atoms with E-state index < -0.39 is 5.97 Å². The molecule has 2 atom stereocenters. The Hall–Kier alpha value is -0.530. The average molecular weight is 284 g/mol. The maximum atomic E-state index is 10.4. The fraction of sp³-hybridized carbons (Fsp3) is 0.944. The number of aliphatic carboxylic acids is 1. The van der Waals surface area contributed by atoms with Crippen molar-refractivity contribution < 1.29 is 9.90 Å². The number of carboxylic acids is 1. The van der Waals surface area contributed by atoms with Crippen molar-refractivity contribution in [1.29, 1.82) is 0 Å². The molecule has 0 rings (SSSR count). The molecule has 0 heterocycles. The van der Waals surface area contributed by atoms with E-state index in [9.17, 15) is 4.79 Å². The van der Waals surface area contributed by atoms with Crippen molar-refractivity contribution in [3.8, 4) is 0 Å². The third-order valence-electron chi connectivity index (χ3n) is 4.44. The Balaban J connectivity index is 3.43. The van der Waals surface area contributed by atoms with E-state index in [2.05, 4.69) is 20.8 Å². The Morgan fingerprint density at radius 1 is 0.900 bits per heavy atom. The van der Waals surface area contributed by atoms with Crippen molar-refractivity contribution in [1.82, 2.24) is 0 Å². The monoisotopic (exact) mass is 284 g/mol. The number of hydrogen-bond donors (Lipinski definition) is 1. The minimum absolute atomic E-state index is 0.333. The molecular weight excluding hydrogens is 248 g/mol. The van der Waals surface area contributed by atoms with Gasteiger partial charge in [-0.05, 0) is 18.3 Å². The molecule has 0 aliphatic heterocycles. The van der Waals surface area contributed by atoms with E-state index in [1.54, 1.807) is 0 Å². The Morgan fingerprint density at radius 2 is 1.50 bits per heavy atom. The predicted octanol–water partition coefficient (Wildman–Crippen LogP) is 6.04. The largest absolute Gasteiger partial charge is 0.481 e. The number of carboxylic acid groups (broad SMARTS) is 1. The summed E-state index contributed by atoms with van der Waals surface area (Å²) in [6.45, 7) is 6.86. The second-order valence-corrected chi connectivity index (χ2v) is 6.45. The Bertz CT molecular complexity index is 225. The van der Waals surface area contributed by atoms with E-state index in [0.29, 0.717) is 12.3 Å². The molecule has 120 valence electrons. The van der Waals surface area contributed by atoms with E-state index in [1.807, 2.05) is 0 Å². The Morgan fingerprint density at radius 3 is 2.10 bits per heavy atom. The molecule has 2 unspecified atom stereocenters. The van der Waals surface area contributed by atoms with Gasteiger partial charge in [0.1, 0.15) is 0 Å². The topological polar surface area (TPSA) is 37.3 Å². The fourth-order valence-electron chi connectivity index (χ4n) is 2.89. The summed E-state index contributed by atoms with van der Waals surface area (Å²) < 4.78 is 0. The average Bonchev–Trinajstić information content (AvgIpc) is 2.41. The van der Waals surface area contributed by atoms with Crippen LogP contribution < -0.4 is 0 Å². The normalized spacial score (nSPS) is 14.2. The second-order valence-electron chi connectivity index (χ2n) is 6.45. The summed E-state index contributed by atoms with van der Waals surface area (Å²) in [4.78, 5) is 10.4. The van der Waals surface area contributed by atoms with Gasteiger partial charge in [-0.15, -0.1) is 0 Å². The Kier molecular flexibility index (Phi) is 13.1. The lowest BCUT2D eigenvalue weighted by molar-refractivity contribution is -0.137. The van der Waals surface area contributed by atoms with Crippen LogP contribution in [0, 0.1) is 11.8 Å². The van der Waals surface area contributed by atoms with Gasteiger partial charge in [0.15, 0.2) is 0 Å². The molecule has 0 bridgehead atoms. The van der Waals surface area contributed by atoms with Gasteiger partial charge < -0.3 is 5.11 Å². The van der Waals surface area contributed by atoms with E-state index in [1.165, 1.54) is 57.8 Å². The minimum atomic E-state index is -0.658. The van der Waals surface area contributed by atoms with Crippen LogP contribution in [0.25, 0.3) is 0 Å². The quantitative estimate of drug-likeness (QED) is 0.394. The molecule has 2 heteroatoms. The van der Waals surface area contributed by atoms with E-state index >= 15 is 0 Å². The van der Waals surface area contributed by atoms with Crippen molar-refractivity contribution >= 4 is 5.97 Å². The summed E-state index contributed by atoms with van der Waals surface area (Å²) in [6.07, 6.45) is 14.4. The Labute approximate surface area is 126 Å².